The molecule has 0 spiro atoms. The summed E-state index contributed by atoms with van der Waals surface area (Å²) in [6.45, 7) is 4.13. The van der Waals surface area contributed by atoms with Gasteiger partial charge in [-0.3, -0.25) is 14.5 Å². The first-order valence-corrected chi connectivity index (χ1v) is 5.77. The topological polar surface area (TPSA) is 79.4 Å². The first-order valence-electron chi connectivity index (χ1n) is 5.36. The fourth-order valence-electron chi connectivity index (χ4n) is 1.55. The quantitative estimate of drug-likeness (QED) is 0.813. The largest absolute Gasteiger partial charge is 0.296 e. The Labute approximate surface area is 103 Å². The van der Waals surface area contributed by atoms with Gasteiger partial charge in [-0.25, -0.2) is 5.10 Å². The monoisotopic (exact) mass is 251 g/mol. The minimum atomic E-state index is -0.238. The summed E-state index contributed by atoms with van der Waals surface area (Å²) in [6.07, 6.45) is 0.935. The van der Waals surface area contributed by atoms with Gasteiger partial charge in [0, 0.05) is 12.1 Å². The fourth-order valence-corrected chi connectivity index (χ4v) is 1.86. The summed E-state index contributed by atoms with van der Waals surface area (Å²) in [6, 6.07) is 3.27. The Bertz CT molecular complexity index is 606. The molecule has 0 bridgehead atoms. The molecule has 0 radical (unpaired) electrons. The second kappa shape index (κ2) is 4.62. The maximum absolute atomic E-state index is 11.0. The molecule has 6 nitrogen and oxygen atoms in total. The third-order valence-electron chi connectivity index (χ3n) is 2.64. The van der Waals surface area contributed by atoms with Gasteiger partial charge in [-0.05, 0) is 31.6 Å². The van der Waals surface area contributed by atoms with E-state index in [0.29, 0.717) is 16.3 Å². The highest BCUT2D eigenvalue weighted by Gasteiger charge is 2.14. The van der Waals surface area contributed by atoms with E-state index in [1.54, 1.807) is 6.07 Å². The lowest BCUT2D eigenvalue weighted by Crippen LogP contribution is -2.10. The number of H-pyrrole nitrogens is 2. The van der Waals surface area contributed by atoms with Crippen LogP contribution in [0.5, 0.6) is 0 Å². The van der Waals surface area contributed by atoms with Crippen molar-refractivity contribution in [3.63, 3.8) is 0 Å². The van der Waals surface area contributed by atoms with Crippen molar-refractivity contribution in [2.45, 2.75) is 26.3 Å². The predicted octanol–water partition coefficient (Wildman–Crippen LogP) is 1.66. The molecule has 2 aromatic heterocycles. The summed E-state index contributed by atoms with van der Waals surface area (Å²) in [5.41, 5.74) is 0.357. The van der Waals surface area contributed by atoms with Crippen LogP contribution >= 0.6 is 12.2 Å². The van der Waals surface area contributed by atoms with Crippen molar-refractivity contribution in [3.05, 3.63) is 27.3 Å². The van der Waals surface area contributed by atoms with Crippen molar-refractivity contribution in [2.24, 2.45) is 0 Å². The Kier molecular flexibility index (Phi) is 3.19. The molecule has 1 unspecified atom stereocenters. The van der Waals surface area contributed by atoms with E-state index < -0.39 is 0 Å². The van der Waals surface area contributed by atoms with Crippen LogP contribution in [0.3, 0.4) is 0 Å². The molecule has 0 aliphatic carbocycles. The van der Waals surface area contributed by atoms with Crippen LogP contribution in [0, 0.1) is 4.77 Å². The molecule has 2 aromatic rings. The third-order valence-corrected chi connectivity index (χ3v) is 2.93. The van der Waals surface area contributed by atoms with Gasteiger partial charge in [-0.2, -0.15) is 10.2 Å². The molecule has 90 valence electrons. The zero-order chi connectivity index (χ0) is 12.4. The van der Waals surface area contributed by atoms with E-state index in [2.05, 4.69) is 34.2 Å². The van der Waals surface area contributed by atoms with Gasteiger partial charge in [-0.15, -0.1) is 0 Å². The molecule has 0 saturated carbocycles. The maximum atomic E-state index is 11.0. The number of hydrogen-bond donors (Lipinski definition) is 2. The molecule has 0 saturated heterocycles. The minimum Gasteiger partial charge on any atom is -0.296 e. The minimum absolute atomic E-state index is 0.227. The molecule has 1 atom stereocenters. The molecule has 7 heteroatoms. The van der Waals surface area contributed by atoms with Crippen molar-refractivity contribution in [1.29, 1.82) is 0 Å². The van der Waals surface area contributed by atoms with Crippen LogP contribution in [0.1, 0.15) is 26.3 Å². The summed E-state index contributed by atoms with van der Waals surface area (Å²) < 4.78 is 2.46. The second-order valence-electron chi connectivity index (χ2n) is 3.79. The number of aromatic nitrogens is 5. The van der Waals surface area contributed by atoms with Crippen LogP contribution in [0.15, 0.2) is 16.9 Å². The molecular formula is C10H13N5OS. The lowest BCUT2D eigenvalue weighted by molar-refractivity contribution is 0.527. The average Bonchev–Trinajstić information content (AvgIpc) is 2.71. The molecule has 17 heavy (non-hydrogen) atoms. The molecule has 0 aliphatic heterocycles. The highest BCUT2D eigenvalue weighted by atomic mass is 32.1. The van der Waals surface area contributed by atoms with Crippen LogP contribution in [-0.2, 0) is 0 Å². The normalized spacial score (nSPS) is 12.6. The Hall–Kier alpha value is -1.76. The standard InChI is InChI=1S/C10H13N5OS/c1-3-6(2)15-9(13-14-10(15)17)7-4-5-8(16)12-11-7/h4-6H,3H2,1-2H3,(H,12,16)(H,14,17). The van der Waals surface area contributed by atoms with Crippen LogP contribution < -0.4 is 5.56 Å². The van der Waals surface area contributed by atoms with Gasteiger partial charge < -0.3 is 0 Å². The Morgan fingerprint density at radius 3 is 2.76 bits per heavy atom. The number of hydrogen-bond acceptors (Lipinski definition) is 4. The molecule has 0 aromatic carbocycles. The van der Waals surface area contributed by atoms with E-state index in [1.165, 1.54) is 6.07 Å². The van der Waals surface area contributed by atoms with Crippen LogP contribution in [0.4, 0.5) is 0 Å². The smallest absolute Gasteiger partial charge is 0.264 e. The first-order chi connectivity index (χ1) is 8.13. The van der Waals surface area contributed by atoms with E-state index >= 15 is 0 Å². The predicted molar refractivity (Wildman–Crippen MR) is 66.3 cm³/mol. The summed E-state index contributed by atoms with van der Waals surface area (Å²) >= 11 is 5.19. The number of nitrogens with one attached hydrogen (secondary N) is 2. The summed E-state index contributed by atoms with van der Waals surface area (Å²) in [5.74, 6) is 0.639. The van der Waals surface area contributed by atoms with Gasteiger partial charge in [0.15, 0.2) is 10.6 Å². The lowest BCUT2D eigenvalue weighted by Gasteiger charge is -2.12. The van der Waals surface area contributed by atoms with Crippen molar-refractivity contribution in [2.75, 3.05) is 0 Å². The molecule has 2 heterocycles. The summed E-state index contributed by atoms with van der Waals surface area (Å²) in [4.78, 5) is 11.0. The SMILES string of the molecule is CCC(C)n1c(-c2ccc(=O)[nH]n2)n[nH]c1=S. The van der Waals surface area contributed by atoms with Crippen molar-refractivity contribution in [3.8, 4) is 11.5 Å². The van der Waals surface area contributed by atoms with Gasteiger partial charge in [0.05, 0.1) is 0 Å². The first kappa shape index (κ1) is 11.7. The Morgan fingerprint density at radius 2 is 2.18 bits per heavy atom. The zero-order valence-corrected chi connectivity index (χ0v) is 10.4. The number of nitrogens with zero attached hydrogens (tertiary/aromatic N) is 3. The van der Waals surface area contributed by atoms with E-state index in [9.17, 15) is 4.79 Å². The average molecular weight is 251 g/mol. The fraction of sp³-hybridized carbons (Fsp3) is 0.400. The Balaban J connectivity index is 2.56. The van der Waals surface area contributed by atoms with Gasteiger partial charge in [-0.1, -0.05) is 6.92 Å². The molecule has 2 N–H and O–H groups in total. The highest BCUT2D eigenvalue weighted by Crippen LogP contribution is 2.19. The second-order valence-corrected chi connectivity index (χ2v) is 4.17. The maximum Gasteiger partial charge on any atom is 0.264 e. The highest BCUT2D eigenvalue weighted by molar-refractivity contribution is 7.71. The lowest BCUT2D eigenvalue weighted by atomic mass is 10.2. The van der Waals surface area contributed by atoms with Gasteiger partial charge in [0.1, 0.15) is 5.69 Å². The zero-order valence-electron chi connectivity index (χ0n) is 9.60. The molecule has 0 fully saturated rings. The summed E-state index contributed by atoms with van der Waals surface area (Å²) in [5, 5.41) is 13.2. The van der Waals surface area contributed by atoms with E-state index in [4.69, 9.17) is 12.2 Å². The van der Waals surface area contributed by atoms with Crippen molar-refractivity contribution in [1.82, 2.24) is 25.0 Å². The van der Waals surface area contributed by atoms with Crippen LogP contribution in [0.2, 0.25) is 0 Å². The molecular weight excluding hydrogens is 238 g/mol. The molecule has 2 rings (SSSR count). The summed E-state index contributed by atoms with van der Waals surface area (Å²) in [7, 11) is 0. The van der Waals surface area contributed by atoms with Crippen molar-refractivity contribution >= 4 is 12.2 Å². The van der Waals surface area contributed by atoms with Crippen LogP contribution in [0.25, 0.3) is 11.5 Å². The van der Waals surface area contributed by atoms with E-state index in [-0.39, 0.29) is 11.6 Å². The van der Waals surface area contributed by atoms with Gasteiger partial charge in [0.2, 0.25) is 0 Å². The van der Waals surface area contributed by atoms with E-state index in [1.807, 2.05) is 4.57 Å². The number of rotatable bonds is 3. The van der Waals surface area contributed by atoms with Gasteiger partial charge in [0.25, 0.3) is 5.56 Å². The number of aromatic amines is 2. The third kappa shape index (κ3) is 2.19. The Morgan fingerprint density at radius 1 is 1.41 bits per heavy atom. The molecule has 0 aliphatic rings. The van der Waals surface area contributed by atoms with Crippen LogP contribution in [-0.4, -0.2) is 25.0 Å². The van der Waals surface area contributed by atoms with Crippen molar-refractivity contribution < 1.29 is 0 Å². The van der Waals surface area contributed by atoms with Gasteiger partial charge >= 0.3 is 0 Å². The molecule has 0 amide bonds. The van der Waals surface area contributed by atoms with E-state index in [0.717, 1.165) is 6.42 Å².